The quantitative estimate of drug-likeness (QED) is 0.927. The maximum atomic E-state index is 4.79. The molecule has 1 heterocycles. The van der Waals surface area contributed by atoms with Gasteiger partial charge in [-0.1, -0.05) is 43.5 Å². The highest BCUT2D eigenvalue weighted by atomic mass is 15.2. The maximum Gasteiger partial charge on any atom is 0.136 e. The number of hydrogen-bond donors (Lipinski definition) is 1. The Labute approximate surface area is 127 Å². The van der Waals surface area contributed by atoms with Crippen LogP contribution in [0.25, 0.3) is 10.8 Å². The molecule has 0 saturated heterocycles. The van der Waals surface area contributed by atoms with E-state index in [0.717, 1.165) is 12.4 Å². The molecule has 1 aromatic heterocycles. The molecular formula is C18H25N3. The molecule has 1 aromatic carbocycles. The van der Waals surface area contributed by atoms with Crippen molar-refractivity contribution in [2.45, 2.75) is 44.7 Å². The zero-order valence-corrected chi connectivity index (χ0v) is 13.1. The molecule has 1 aliphatic rings. The zero-order valence-electron chi connectivity index (χ0n) is 13.1. The van der Waals surface area contributed by atoms with Gasteiger partial charge in [0, 0.05) is 31.2 Å². The second kappa shape index (κ2) is 6.44. The Kier molecular flexibility index (Phi) is 4.39. The number of nitrogens with one attached hydrogen (secondary N) is 1. The minimum Gasteiger partial charge on any atom is -0.356 e. The van der Waals surface area contributed by atoms with Crippen molar-refractivity contribution >= 4 is 16.6 Å². The van der Waals surface area contributed by atoms with E-state index in [9.17, 15) is 0 Å². The Balaban J connectivity index is 2.00. The van der Waals surface area contributed by atoms with Gasteiger partial charge in [0.25, 0.3) is 0 Å². The van der Waals surface area contributed by atoms with Gasteiger partial charge in [-0.15, -0.1) is 0 Å². The summed E-state index contributed by atoms with van der Waals surface area (Å²) in [5.41, 5.74) is 1.27. The summed E-state index contributed by atoms with van der Waals surface area (Å²) in [5, 5.41) is 5.83. The average Bonchev–Trinajstić information content (AvgIpc) is 2.56. The van der Waals surface area contributed by atoms with Gasteiger partial charge in [0.15, 0.2) is 0 Å². The molecule has 0 bridgehead atoms. The normalized spacial score (nSPS) is 16.3. The SMILES string of the molecule is CNCc1cnc(N(C)C2CCCCC2)c2ccccc12. The average molecular weight is 283 g/mol. The fourth-order valence-corrected chi connectivity index (χ4v) is 3.49. The molecule has 0 radical (unpaired) electrons. The minimum atomic E-state index is 0.643. The molecule has 0 unspecified atom stereocenters. The summed E-state index contributed by atoms with van der Waals surface area (Å²) in [6, 6.07) is 9.29. The van der Waals surface area contributed by atoms with E-state index in [1.54, 1.807) is 0 Å². The van der Waals surface area contributed by atoms with Gasteiger partial charge in [-0.2, -0.15) is 0 Å². The summed E-state index contributed by atoms with van der Waals surface area (Å²) in [6.07, 6.45) is 8.72. The predicted octanol–water partition coefficient (Wildman–Crippen LogP) is 3.72. The summed E-state index contributed by atoms with van der Waals surface area (Å²) in [7, 11) is 4.19. The molecule has 21 heavy (non-hydrogen) atoms. The Hall–Kier alpha value is -1.61. The van der Waals surface area contributed by atoms with E-state index >= 15 is 0 Å². The van der Waals surface area contributed by atoms with Crippen molar-refractivity contribution in [2.24, 2.45) is 0 Å². The molecular weight excluding hydrogens is 258 g/mol. The third-order valence-corrected chi connectivity index (χ3v) is 4.68. The van der Waals surface area contributed by atoms with Gasteiger partial charge in [0.05, 0.1) is 0 Å². The maximum absolute atomic E-state index is 4.79. The summed E-state index contributed by atoms with van der Waals surface area (Å²) in [4.78, 5) is 7.19. The van der Waals surface area contributed by atoms with E-state index < -0.39 is 0 Å². The van der Waals surface area contributed by atoms with Crippen LogP contribution in [-0.4, -0.2) is 25.1 Å². The monoisotopic (exact) mass is 283 g/mol. The van der Waals surface area contributed by atoms with Gasteiger partial charge in [0.2, 0.25) is 0 Å². The molecule has 112 valence electrons. The Morgan fingerprint density at radius 3 is 2.57 bits per heavy atom. The van der Waals surface area contributed by atoms with Crippen molar-refractivity contribution in [3.8, 4) is 0 Å². The van der Waals surface area contributed by atoms with E-state index in [1.807, 2.05) is 13.2 Å². The van der Waals surface area contributed by atoms with Crippen LogP contribution in [0.1, 0.15) is 37.7 Å². The van der Waals surface area contributed by atoms with Crippen LogP contribution in [0.15, 0.2) is 30.5 Å². The van der Waals surface area contributed by atoms with Gasteiger partial charge in [-0.3, -0.25) is 0 Å². The third kappa shape index (κ3) is 2.88. The molecule has 1 aliphatic carbocycles. The highest BCUT2D eigenvalue weighted by molar-refractivity contribution is 5.94. The minimum absolute atomic E-state index is 0.643. The lowest BCUT2D eigenvalue weighted by atomic mass is 9.94. The first-order valence-corrected chi connectivity index (χ1v) is 8.05. The lowest BCUT2D eigenvalue weighted by Crippen LogP contribution is -2.34. The number of fused-ring (bicyclic) bond motifs is 1. The van der Waals surface area contributed by atoms with E-state index in [2.05, 4.69) is 41.5 Å². The Morgan fingerprint density at radius 2 is 1.86 bits per heavy atom. The predicted molar refractivity (Wildman–Crippen MR) is 89.8 cm³/mol. The molecule has 1 saturated carbocycles. The lowest BCUT2D eigenvalue weighted by molar-refractivity contribution is 0.426. The smallest absolute Gasteiger partial charge is 0.136 e. The van der Waals surface area contributed by atoms with Crippen LogP contribution >= 0.6 is 0 Å². The second-order valence-electron chi connectivity index (χ2n) is 6.09. The van der Waals surface area contributed by atoms with E-state index in [1.165, 1.54) is 48.4 Å². The molecule has 2 aromatic rings. The summed E-state index contributed by atoms with van der Waals surface area (Å²) < 4.78 is 0. The van der Waals surface area contributed by atoms with Crippen molar-refractivity contribution < 1.29 is 0 Å². The Bertz CT molecular complexity index is 602. The molecule has 0 atom stereocenters. The largest absolute Gasteiger partial charge is 0.356 e. The molecule has 0 spiro atoms. The fourth-order valence-electron chi connectivity index (χ4n) is 3.49. The van der Waals surface area contributed by atoms with Crippen LogP contribution in [0.3, 0.4) is 0 Å². The van der Waals surface area contributed by atoms with E-state index in [0.29, 0.717) is 6.04 Å². The highest BCUT2D eigenvalue weighted by Crippen LogP contribution is 2.31. The first-order valence-electron chi connectivity index (χ1n) is 8.05. The molecule has 0 amide bonds. The highest BCUT2D eigenvalue weighted by Gasteiger charge is 2.21. The fraction of sp³-hybridized carbons (Fsp3) is 0.500. The van der Waals surface area contributed by atoms with Crippen LogP contribution in [0, 0.1) is 0 Å². The van der Waals surface area contributed by atoms with Crippen LogP contribution < -0.4 is 10.2 Å². The third-order valence-electron chi connectivity index (χ3n) is 4.68. The second-order valence-corrected chi connectivity index (χ2v) is 6.09. The molecule has 3 nitrogen and oxygen atoms in total. The van der Waals surface area contributed by atoms with Gasteiger partial charge in [0.1, 0.15) is 5.82 Å². The van der Waals surface area contributed by atoms with Crippen LogP contribution in [0.2, 0.25) is 0 Å². The van der Waals surface area contributed by atoms with Gasteiger partial charge in [-0.05, 0) is 30.8 Å². The van der Waals surface area contributed by atoms with Crippen molar-refractivity contribution in [3.63, 3.8) is 0 Å². The number of hydrogen-bond acceptors (Lipinski definition) is 3. The topological polar surface area (TPSA) is 28.2 Å². The van der Waals surface area contributed by atoms with Crippen LogP contribution in [0.4, 0.5) is 5.82 Å². The van der Waals surface area contributed by atoms with Crippen molar-refractivity contribution in [1.82, 2.24) is 10.3 Å². The number of benzene rings is 1. The van der Waals surface area contributed by atoms with E-state index in [4.69, 9.17) is 4.98 Å². The standard InChI is InChI=1S/C18H25N3/c1-19-12-14-13-20-18(17-11-7-6-10-16(14)17)21(2)15-8-4-3-5-9-15/h6-7,10-11,13,15,19H,3-5,8-9,12H2,1-2H3. The number of rotatable bonds is 4. The van der Waals surface area contributed by atoms with E-state index in [-0.39, 0.29) is 0 Å². The number of pyridine rings is 1. The van der Waals surface area contributed by atoms with Gasteiger partial charge >= 0.3 is 0 Å². The number of aromatic nitrogens is 1. The van der Waals surface area contributed by atoms with Gasteiger partial charge in [-0.25, -0.2) is 4.98 Å². The number of nitrogens with zero attached hydrogens (tertiary/aromatic N) is 2. The van der Waals surface area contributed by atoms with Crippen molar-refractivity contribution in [1.29, 1.82) is 0 Å². The molecule has 3 rings (SSSR count). The lowest BCUT2D eigenvalue weighted by Gasteiger charge is -2.33. The summed E-state index contributed by atoms with van der Waals surface area (Å²) in [5.74, 6) is 1.14. The first kappa shape index (κ1) is 14.3. The van der Waals surface area contributed by atoms with Gasteiger partial charge < -0.3 is 10.2 Å². The Morgan fingerprint density at radius 1 is 1.14 bits per heavy atom. The first-order chi connectivity index (χ1) is 10.3. The molecule has 0 aliphatic heterocycles. The van der Waals surface area contributed by atoms with Crippen LogP contribution in [-0.2, 0) is 6.54 Å². The van der Waals surface area contributed by atoms with Crippen molar-refractivity contribution in [3.05, 3.63) is 36.0 Å². The summed E-state index contributed by atoms with van der Waals surface area (Å²) in [6.45, 7) is 0.862. The molecule has 1 fully saturated rings. The zero-order chi connectivity index (χ0) is 14.7. The molecule has 3 heteroatoms. The van der Waals surface area contributed by atoms with Crippen molar-refractivity contribution in [2.75, 3.05) is 19.0 Å². The molecule has 1 N–H and O–H groups in total. The number of anilines is 1. The van der Waals surface area contributed by atoms with Crippen LogP contribution in [0.5, 0.6) is 0 Å². The summed E-state index contributed by atoms with van der Waals surface area (Å²) >= 11 is 0.